The number of nitrogens with two attached hydrogens (primary N) is 1. The maximum absolute atomic E-state index is 5.79. The number of hydrogen-bond acceptors (Lipinski definition) is 4. The molecule has 0 aliphatic carbocycles. The lowest BCUT2D eigenvalue weighted by Gasteiger charge is -2.28. The highest BCUT2D eigenvalue weighted by molar-refractivity contribution is 7.99. The van der Waals surface area contributed by atoms with Gasteiger partial charge in [0.1, 0.15) is 5.82 Å². The number of thioether (sulfide) groups is 1. The van der Waals surface area contributed by atoms with E-state index in [4.69, 9.17) is 5.73 Å². The summed E-state index contributed by atoms with van der Waals surface area (Å²) in [4.78, 5) is 0. The van der Waals surface area contributed by atoms with E-state index >= 15 is 0 Å². The number of nitrogens with zero attached hydrogens (tertiary/aromatic N) is 3. The highest BCUT2D eigenvalue weighted by Crippen LogP contribution is 2.33. The third-order valence-corrected chi connectivity index (χ3v) is 4.23. The summed E-state index contributed by atoms with van der Waals surface area (Å²) in [6, 6.07) is 0. The largest absolute Gasteiger partial charge is 0.329 e. The van der Waals surface area contributed by atoms with Gasteiger partial charge in [-0.25, -0.2) is 0 Å². The Morgan fingerprint density at radius 1 is 1.40 bits per heavy atom. The molecule has 1 rings (SSSR count). The van der Waals surface area contributed by atoms with E-state index in [9.17, 15) is 0 Å². The standard InChI is InChI=1S/C10H20N4S/c1-7-12-13-9(14(7)5)15-8(6-11)10(2,3)4/h8H,6,11H2,1-5H3. The molecule has 0 saturated heterocycles. The first-order valence-corrected chi connectivity index (χ1v) is 5.97. The van der Waals surface area contributed by atoms with Crippen LogP contribution in [0.4, 0.5) is 0 Å². The molecule has 0 bridgehead atoms. The van der Waals surface area contributed by atoms with E-state index in [1.54, 1.807) is 11.8 Å². The van der Waals surface area contributed by atoms with Crippen LogP contribution in [0.5, 0.6) is 0 Å². The Balaban J connectivity index is 2.80. The Labute approximate surface area is 95.6 Å². The molecule has 0 fully saturated rings. The molecule has 0 radical (unpaired) electrons. The maximum Gasteiger partial charge on any atom is 0.191 e. The van der Waals surface area contributed by atoms with Crippen molar-refractivity contribution >= 4 is 11.8 Å². The molecular weight excluding hydrogens is 208 g/mol. The first-order valence-electron chi connectivity index (χ1n) is 5.09. The van der Waals surface area contributed by atoms with Crippen molar-refractivity contribution in [2.24, 2.45) is 18.2 Å². The zero-order valence-corrected chi connectivity index (χ0v) is 10.9. The SMILES string of the molecule is Cc1nnc(SC(CN)C(C)(C)C)n1C. The van der Waals surface area contributed by atoms with Gasteiger partial charge in [0.05, 0.1) is 0 Å². The molecule has 5 heteroatoms. The van der Waals surface area contributed by atoms with Crippen LogP contribution in [-0.2, 0) is 7.05 Å². The summed E-state index contributed by atoms with van der Waals surface area (Å²) in [6.45, 7) is 9.19. The van der Waals surface area contributed by atoms with Crippen molar-refractivity contribution in [3.63, 3.8) is 0 Å². The lowest BCUT2D eigenvalue weighted by atomic mass is 9.92. The smallest absolute Gasteiger partial charge is 0.191 e. The zero-order chi connectivity index (χ0) is 11.6. The van der Waals surface area contributed by atoms with E-state index in [1.165, 1.54) is 0 Å². The van der Waals surface area contributed by atoms with E-state index in [0.29, 0.717) is 11.8 Å². The minimum absolute atomic E-state index is 0.180. The minimum atomic E-state index is 0.180. The first-order chi connectivity index (χ1) is 6.86. The Morgan fingerprint density at radius 2 is 2.00 bits per heavy atom. The van der Waals surface area contributed by atoms with Gasteiger partial charge in [-0.05, 0) is 12.3 Å². The van der Waals surface area contributed by atoms with Gasteiger partial charge in [-0.15, -0.1) is 10.2 Å². The van der Waals surface area contributed by atoms with Crippen molar-refractivity contribution < 1.29 is 0 Å². The summed E-state index contributed by atoms with van der Waals surface area (Å²) >= 11 is 1.71. The topological polar surface area (TPSA) is 56.7 Å². The third kappa shape index (κ3) is 2.95. The molecule has 1 heterocycles. The second-order valence-corrected chi connectivity index (χ2v) is 5.97. The van der Waals surface area contributed by atoms with E-state index in [0.717, 1.165) is 11.0 Å². The molecule has 1 unspecified atom stereocenters. The highest BCUT2D eigenvalue weighted by atomic mass is 32.2. The van der Waals surface area contributed by atoms with Crippen molar-refractivity contribution in [3.8, 4) is 0 Å². The van der Waals surface area contributed by atoms with Gasteiger partial charge in [0.15, 0.2) is 5.16 Å². The summed E-state index contributed by atoms with van der Waals surface area (Å²) in [5, 5.41) is 9.48. The summed E-state index contributed by atoms with van der Waals surface area (Å²) in [5.41, 5.74) is 5.97. The molecule has 15 heavy (non-hydrogen) atoms. The van der Waals surface area contributed by atoms with Gasteiger partial charge in [-0.2, -0.15) is 0 Å². The summed E-state index contributed by atoms with van der Waals surface area (Å²) in [7, 11) is 1.98. The maximum atomic E-state index is 5.79. The van der Waals surface area contributed by atoms with Crippen molar-refractivity contribution in [3.05, 3.63) is 5.82 Å². The Bertz CT molecular complexity index is 327. The van der Waals surface area contributed by atoms with E-state index in [-0.39, 0.29) is 5.41 Å². The zero-order valence-electron chi connectivity index (χ0n) is 10.1. The van der Waals surface area contributed by atoms with Gasteiger partial charge in [-0.3, -0.25) is 0 Å². The summed E-state index contributed by atoms with van der Waals surface area (Å²) < 4.78 is 2.00. The minimum Gasteiger partial charge on any atom is -0.329 e. The normalized spacial score (nSPS) is 14.3. The van der Waals surface area contributed by atoms with E-state index < -0.39 is 0 Å². The molecule has 86 valence electrons. The van der Waals surface area contributed by atoms with Gasteiger partial charge < -0.3 is 10.3 Å². The fourth-order valence-corrected chi connectivity index (χ4v) is 2.28. The Kier molecular flexibility index (Phi) is 3.78. The van der Waals surface area contributed by atoms with Crippen LogP contribution in [0, 0.1) is 12.3 Å². The predicted octanol–water partition coefficient (Wildman–Crippen LogP) is 1.59. The van der Waals surface area contributed by atoms with Gasteiger partial charge >= 0.3 is 0 Å². The van der Waals surface area contributed by atoms with E-state index in [2.05, 4.69) is 31.0 Å². The molecule has 0 aliphatic heterocycles. The van der Waals surface area contributed by atoms with Crippen molar-refractivity contribution in [2.75, 3.05) is 6.54 Å². The second-order valence-electron chi connectivity index (χ2n) is 4.80. The summed E-state index contributed by atoms with van der Waals surface area (Å²) in [6.07, 6.45) is 0. The van der Waals surface area contributed by atoms with Crippen molar-refractivity contribution in [2.45, 2.75) is 38.1 Å². The molecule has 4 nitrogen and oxygen atoms in total. The number of aromatic nitrogens is 3. The van der Waals surface area contributed by atoms with Crippen LogP contribution in [-0.4, -0.2) is 26.6 Å². The molecule has 1 aromatic heterocycles. The molecule has 0 aromatic carbocycles. The lowest BCUT2D eigenvalue weighted by molar-refractivity contribution is 0.397. The van der Waals surface area contributed by atoms with Gasteiger partial charge in [0, 0.05) is 18.8 Å². The van der Waals surface area contributed by atoms with Crippen LogP contribution >= 0.6 is 11.8 Å². The molecule has 0 spiro atoms. The van der Waals surface area contributed by atoms with Gasteiger partial charge in [-0.1, -0.05) is 32.5 Å². The highest BCUT2D eigenvalue weighted by Gasteiger charge is 2.26. The number of aryl methyl sites for hydroxylation is 1. The van der Waals surface area contributed by atoms with Crippen LogP contribution in [0.3, 0.4) is 0 Å². The third-order valence-electron chi connectivity index (χ3n) is 2.48. The van der Waals surface area contributed by atoms with Gasteiger partial charge in [0.25, 0.3) is 0 Å². The average molecular weight is 228 g/mol. The first kappa shape index (κ1) is 12.5. The molecule has 1 aromatic rings. The molecule has 0 aliphatic rings. The predicted molar refractivity (Wildman–Crippen MR) is 63.9 cm³/mol. The molecule has 0 saturated carbocycles. The number of rotatable bonds is 3. The Morgan fingerprint density at radius 3 is 2.33 bits per heavy atom. The quantitative estimate of drug-likeness (QED) is 0.798. The second kappa shape index (κ2) is 4.53. The fraction of sp³-hybridized carbons (Fsp3) is 0.800. The van der Waals surface area contributed by atoms with Gasteiger partial charge in [0.2, 0.25) is 0 Å². The Hall–Kier alpha value is -0.550. The molecule has 2 N–H and O–H groups in total. The van der Waals surface area contributed by atoms with Crippen molar-refractivity contribution in [1.82, 2.24) is 14.8 Å². The summed E-state index contributed by atoms with van der Waals surface area (Å²) in [5.74, 6) is 0.933. The molecule has 0 amide bonds. The average Bonchev–Trinajstić information content (AvgIpc) is 2.43. The van der Waals surface area contributed by atoms with Crippen LogP contribution in [0.2, 0.25) is 0 Å². The van der Waals surface area contributed by atoms with Crippen LogP contribution in [0.15, 0.2) is 5.16 Å². The fourth-order valence-electron chi connectivity index (χ4n) is 1.20. The monoisotopic (exact) mass is 228 g/mol. The van der Waals surface area contributed by atoms with Crippen LogP contribution < -0.4 is 5.73 Å². The lowest BCUT2D eigenvalue weighted by Crippen LogP contribution is -2.31. The molecule has 1 atom stereocenters. The van der Waals surface area contributed by atoms with Crippen molar-refractivity contribution in [1.29, 1.82) is 0 Å². The van der Waals surface area contributed by atoms with E-state index in [1.807, 2.05) is 18.5 Å². The van der Waals surface area contributed by atoms with Crippen LogP contribution in [0.25, 0.3) is 0 Å². The number of hydrogen-bond donors (Lipinski definition) is 1. The van der Waals surface area contributed by atoms with Crippen LogP contribution in [0.1, 0.15) is 26.6 Å². The molecular formula is C10H20N4S.